The van der Waals surface area contributed by atoms with Crippen molar-refractivity contribution in [2.75, 3.05) is 35.4 Å². The van der Waals surface area contributed by atoms with E-state index in [4.69, 9.17) is 4.74 Å². The lowest BCUT2D eigenvalue weighted by Crippen LogP contribution is -2.46. The molecule has 0 radical (unpaired) electrons. The Morgan fingerprint density at radius 1 is 1.17 bits per heavy atom. The Hall–Kier alpha value is -1.73. The van der Waals surface area contributed by atoms with Gasteiger partial charge in [-0.15, -0.1) is 11.3 Å². The predicted molar refractivity (Wildman–Crippen MR) is 92.4 cm³/mol. The summed E-state index contributed by atoms with van der Waals surface area (Å²) in [6.45, 7) is 4.65. The van der Waals surface area contributed by atoms with Crippen LogP contribution < -0.4 is 13.9 Å². The first-order valence-corrected chi connectivity index (χ1v) is 9.99. The number of benzene rings is 1. The quantitative estimate of drug-likeness (QED) is 0.854. The Balaban J connectivity index is 1.81. The largest absolute Gasteiger partial charge is 0.489 e. The molecule has 0 aliphatic carbocycles. The number of para-hydroxylation sites is 1. The zero-order valence-electron chi connectivity index (χ0n) is 12.9. The van der Waals surface area contributed by atoms with Gasteiger partial charge in [0.1, 0.15) is 22.3 Å². The normalized spacial score (nSPS) is 16.9. The van der Waals surface area contributed by atoms with Crippen LogP contribution in [-0.2, 0) is 16.4 Å². The van der Waals surface area contributed by atoms with Gasteiger partial charge in [-0.25, -0.2) is 8.42 Å². The van der Waals surface area contributed by atoms with Crippen LogP contribution in [0.2, 0.25) is 0 Å². The maximum Gasteiger partial charge on any atom is 0.273 e. The zero-order chi connectivity index (χ0) is 16.0. The molecule has 3 heterocycles. The van der Waals surface area contributed by atoms with E-state index in [1.807, 2.05) is 31.2 Å². The summed E-state index contributed by atoms with van der Waals surface area (Å²) in [7, 11) is -3.52. The lowest BCUT2D eigenvalue weighted by molar-refractivity contribution is 0.307. The number of rotatable bonds is 3. The number of aryl methyl sites for hydroxylation is 1. The van der Waals surface area contributed by atoms with Gasteiger partial charge in [0, 0.05) is 11.4 Å². The molecular formula is C16H18N2O3S2. The molecule has 0 atom stereocenters. The predicted octanol–water partition coefficient (Wildman–Crippen LogP) is 2.72. The van der Waals surface area contributed by atoms with Crippen LogP contribution in [0, 0.1) is 0 Å². The van der Waals surface area contributed by atoms with Gasteiger partial charge >= 0.3 is 0 Å². The molecular weight excluding hydrogens is 332 g/mol. The first-order chi connectivity index (χ1) is 11.1. The number of thiophene rings is 1. The van der Waals surface area contributed by atoms with Gasteiger partial charge in [-0.05, 0) is 30.7 Å². The van der Waals surface area contributed by atoms with E-state index in [-0.39, 0.29) is 0 Å². The number of hydrogen-bond acceptors (Lipinski definition) is 5. The maximum atomic E-state index is 13.1. The molecule has 1 aromatic heterocycles. The molecule has 0 fully saturated rings. The smallest absolute Gasteiger partial charge is 0.273 e. The molecule has 0 bridgehead atoms. The van der Waals surface area contributed by atoms with Crippen molar-refractivity contribution in [3.63, 3.8) is 0 Å². The van der Waals surface area contributed by atoms with Crippen LogP contribution in [0.5, 0.6) is 5.75 Å². The van der Waals surface area contributed by atoms with Gasteiger partial charge in [0.25, 0.3) is 10.0 Å². The van der Waals surface area contributed by atoms with Gasteiger partial charge < -0.3 is 9.64 Å². The first-order valence-electron chi connectivity index (χ1n) is 7.73. The number of anilines is 2. The number of nitrogens with zero attached hydrogens (tertiary/aromatic N) is 2. The monoisotopic (exact) mass is 350 g/mol. The SMILES string of the molecule is CCc1ccc(S(=O)(=O)N2CCN3CCOc4cccc2c43)s1. The highest BCUT2D eigenvalue weighted by atomic mass is 32.2. The molecule has 0 spiro atoms. The van der Waals surface area contributed by atoms with Crippen molar-refractivity contribution in [3.8, 4) is 5.75 Å². The third-order valence-electron chi connectivity index (χ3n) is 4.28. The van der Waals surface area contributed by atoms with E-state index in [1.54, 1.807) is 6.07 Å². The molecule has 7 heteroatoms. The fourth-order valence-electron chi connectivity index (χ4n) is 3.12. The van der Waals surface area contributed by atoms with Crippen molar-refractivity contribution in [1.29, 1.82) is 0 Å². The molecule has 2 aliphatic heterocycles. The second-order valence-electron chi connectivity index (χ2n) is 5.61. The second kappa shape index (κ2) is 5.42. The average molecular weight is 350 g/mol. The highest BCUT2D eigenvalue weighted by Gasteiger charge is 2.35. The standard InChI is InChI=1S/C16H18N2O3S2/c1-2-12-6-7-15(22-12)23(19,20)18-9-8-17-10-11-21-14-5-3-4-13(18)16(14)17/h3-7H,2,8-11H2,1H3. The molecule has 23 heavy (non-hydrogen) atoms. The third kappa shape index (κ3) is 2.30. The molecule has 0 amide bonds. The topological polar surface area (TPSA) is 49.9 Å². The molecule has 0 unspecified atom stereocenters. The highest BCUT2D eigenvalue weighted by Crippen LogP contribution is 2.44. The van der Waals surface area contributed by atoms with Crippen molar-refractivity contribution >= 4 is 32.7 Å². The number of ether oxygens (including phenoxy) is 1. The van der Waals surface area contributed by atoms with Crippen molar-refractivity contribution in [3.05, 3.63) is 35.2 Å². The number of hydrogen-bond donors (Lipinski definition) is 0. The molecule has 122 valence electrons. The van der Waals surface area contributed by atoms with Crippen LogP contribution in [0.4, 0.5) is 11.4 Å². The Bertz CT molecular complexity index is 845. The average Bonchev–Trinajstić information content (AvgIpc) is 3.05. The van der Waals surface area contributed by atoms with Gasteiger partial charge in [0.15, 0.2) is 0 Å². The molecule has 5 nitrogen and oxygen atoms in total. The molecule has 2 aliphatic rings. The summed E-state index contributed by atoms with van der Waals surface area (Å²) in [6, 6.07) is 9.25. The summed E-state index contributed by atoms with van der Waals surface area (Å²) in [5.74, 6) is 0.772. The maximum absolute atomic E-state index is 13.1. The Labute approximate surface area is 140 Å². The van der Waals surface area contributed by atoms with Crippen LogP contribution in [0.25, 0.3) is 0 Å². The van der Waals surface area contributed by atoms with Gasteiger partial charge in [-0.1, -0.05) is 13.0 Å². The minimum absolute atomic E-state index is 0.414. The first kappa shape index (κ1) is 14.8. The summed E-state index contributed by atoms with van der Waals surface area (Å²) < 4.78 is 33.8. The van der Waals surface area contributed by atoms with Crippen LogP contribution in [-0.4, -0.2) is 34.7 Å². The number of sulfonamides is 1. The summed E-state index contributed by atoms with van der Waals surface area (Å²) in [5, 5.41) is 0. The minimum atomic E-state index is -3.52. The van der Waals surface area contributed by atoms with Crippen molar-refractivity contribution in [2.45, 2.75) is 17.6 Å². The van der Waals surface area contributed by atoms with E-state index in [1.165, 1.54) is 15.6 Å². The van der Waals surface area contributed by atoms with E-state index in [0.717, 1.165) is 35.0 Å². The Kier molecular flexibility index (Phi) is 3.50. The van der Waals surface area contributed by atoms with Crippen LogP contribution >= 0.6 is 11.3 Å². The molecule has 4 rings (SSSR count). The van der Waals surface area contributed by atoms with Gasteiger partial charge in [0.05, 0.1) is 18.8 Å². The Morgan fingerprint density at radius 2 is 2.04 bits per heavy atom. The molecule has 2 aromatic rings. The Morgan fingerprint density at radius 3 is 2.83 bits per heavy atom. The van der Waals surface area contributed by atoms with Crippen molar-refractivity contribution in [1.82, 2.24) is 0 Å². The summed E-state index contributed by atoms with van der Waals surface area (Å²) in [5.41, 5.74) is 1.63. The summed E-state index contributed by atoms with van der Waals surface area (Å²) >= 11 is 1.36. The van der Waals surface area contributed by atoms with E-state index in [2.05, 4.69) is 4.90 Å². The van der Waals surface area contributed by atoms with E-state index in [9.17, 15) is 8.42 Å². The fraction of sp³-hybridized carbons (Fsp3) is 0.375. The van der Waals surface area contributed by atoms with Gasteiger partial charge in [-0.3, -0.25) is 4.31 Å². The lowest BCUT2D eigenvalue weighted by Gasteiger charge is -2.40. The minimum Gasteiger partial charge on any atom is -0.489 e. The van der Waals surface area contributed by atoms with Gasteiger partial charge in [0.2, 0.25) is 0 Å². The zero-order valence-corrected chi connectivity index (χ0v) is 14.5. The second-order valence-corrected chi connectivity index (χ2v) is 8.87. The summed E-state index contributed by atoms with van der Waals surface area (Å²) in [6.07, 6.45) is 0.850. The van der Waals surface area contributed by atoms with Gasteiger partial charge in [-0.2, -0.15) is 0 Å². The summed E-state index contributed by atoms with van der Waals surface area (Å²) in [4.78, 5) is 3.30. The molecule has 0 saturated carbocycles. The van der Waals surface area contributed by atoms with E-state index < -0.39 is 10.0 Å². The van der Waals surface area contributed by atoms with Crippen molar-refractivity contribution < 1.29 is 13.2 Å². The third-order valence-corrected chi connectivity index (χ3v) is 7.79. The fourth-order valence-corrected chi connectivity index (χ4v) is 6.00. The highest BCUT2D eigenvalue weighted by molar-refractivity contribution is 7.94. The van der Waals surface area contributed by atoms with Crippen molar-refractivity contribution in [2.24, 2.45) is 0 Å². The molecule has 0 N–H and O–H groups in total. The van der Waals surface area contributed by atoms with Crippen LogP contribution in [0.1, 0.15) is 11.8 Å². The molecule has 1 aromatic carbocycles. The van der Waals surface area contributed by atoms with E-state index >= 15 is 0 Å². The van der Waals surface area contributed by atoms with Crippen LogP contribution in [0.3, 0.4) is 0 Å². The molecule has 0 saturated heterocycles. The van der Waals surface area contributed by atoms with Crippen LogP contribution in [0.15, 0.2) is 34.5 Å². The van der Waals surface area contributed by atoms with E-state index in [0.29, 0.717) is 23.9 Å². The lowest BCUT2D eigenvalue weighted by atomic mass is 10.1.